The number of ether oxygens (including phenoxy) is 2. The minimum atomic E-state index is -4.77. The third-order valence-corrected chi connectivity index (χ3v) is 3.01. The van der Waals surface area contributed by atoms with Gasteiger partial charge in [-0.15, -0.1) is 13.2 Å². The van der Waals surface area contributed by atoms with Crippen LogP contribution in [-0.2, 0) is 4.79 Å². The van der Waals surface area contributed by atoms with Crippen LogP contribution >= 0.6 is 23.2 Å². The molecule has 0 spiro atoms. The van der Waals surface area contributed by atoms with Crippen molar-refractivity contribution in [1.82, 2.24) is 0 Å². The van der Waals surface area contributed by atoms with E-state index in [1.165, 1.54) is 30.3 Å². The summed E-state index contributed by atoms with van der Waals surface area (Å²) in [6.45, 7) is -0.322. The van der Waals surface area contributed by atoms with Crippen molar-refractivity contribution in [3.05, 3.63) is 52.5 Å². The molecule has 2 aromatic rings. The van der Waals surface area contributed by atoms with Crippen molar-refractivity contribution in [3.63, 3.8) is 0 Å². The van der Waals surface area contributed by atoms with Crippen LogP contribution in [0.4, 0.5) is 18.9 Å². The maximum atomic E-state index is 12.0. The first-order valence-corrected chi connectivity index (χ1v) is 7.21. The smallest absolute Gasteiger partial charge is 0.484 e. The van der Waals surface area contributed by atoms with E-state index < -0.39 is 12.3 Å². The molecule has 1 amide bonds. The Morgan fingerprint density at radius 3 is 2.12 bits per heavy atom. The number of alkyl halides is 3. The zero-order chi connectivity index (χ0) is 17.7. The van der Waals surface area contributed by atoms with Gasteiger partial charge in [0.1, 0.15) is 11.5 Å². The van der Waals surface area contributed by atoms with Gasteiger partial charge >= 0.3 is 6.36 Å². The second kappa shape index (κ2) is 7.63. The van der Waals surface area contributed by atoms with E-state index in [0.717, 1.165) is 12.1 Å². The van der Waals surface area contributed by atoms with Crippen LogP contribution in [0.2, 0.25) is 10.0 Å². The Labute approximate surface area is 145 Å². The average molecular weight is 380 g/mol. The number of carbonyl (C=O) groups excluding carboxylic acids is 1. The van der Waals surface area contributed by atoms with Gasteiger partial charge in [-0.25, -0.2) is 0 Å². The van der Waals surface area contributed by atoms with E-state index in [0.29, 0.717) is 21.5 Å². The summed E-state index contributed by atoms with van der Waals surface area (Å²) in [5.41, 5.74) is 0.294. The van der Waals surface area contributed by atoms with Crippen LogP contribution in [0.15, 0.2) is 42.5 Å². The quantitative estimate of drug-likeness (QED) is 0.802. The highest BCUT2D eigenvalue weighted by Gasteiger charge is 2.30. The Balaban J connectivity index is 1.88. The predicted octanol–water partition coefficient (Wildman–Crippen LogP) is 4.91. The molecule has 128 valence electrons. The summed E-state index contributed by atoms with van der Waals surface area (Å²) in [5, 5.41) is 3.18. The van der Waals surface area contributed by atoms with E-state index in [1.54, 1.807) is 0 Å². The molecule has 1 N–H and O–H groups in total. The topological polar surface area (TPSA) is 47.6 Å². The molecule has 0 aliphatic rings. The minimum absolute atomic E-state index is 0.294. The van der Waals surface area contributed by atoms with Gasteiger partial charge in [0.25, 0.3) is 5.91 Å². The summed E-state index contributed by atoms with van der Waals surface area (Å²) in [4.78, 5) is 11.8. The maximum absolute atomic E-state index is 12.0. The Bertz CT molecular complexity index is 701. The van der Waals surface area contributed by atoms with Gasteiger partial charge in [0, 0.05) is 15.7 Å². The van der Waals surface area contributed by atoms with Gasteiger partial charge in [0.15, 0.2) is 6.61 Å². The number of benzene rings is 2. The molecule has 4 nitrogen and oxygen atoms in total. The Hall–Kier alpha value is -2.12. The summed E-state index contributed by atoms with van der Waals surface area (Å²) >= 11 is 11.6. The normalized spacial score (nSPS) is 11.0. The molecule has 9 heteroatoms. The van der Waals surface area contributed by atoms with Crippen molar-refractivity contribution in [2.24, 2.45) is 0 Å². The van der Waals surface area contributed by atoms with Crippen LogP contribution in [0.3, 0.4) is 0 Å². The van der Waals surface area contributed by atoms with Gasteiger partial charge in [-0.05, 0) is 42.5 Å². The van der Waals surface area contributed by atoms with Crippen LogP contribution in [0, 0.1) is 0 Å². The lowest BCUT2D eigenvalue weighted by Gasteiger charge is -2.10. The standard InChI is InChI=1S/C15H10Cl2F3NO3/c16-9-5-10(17)7-13(6-9)23-8-14(22)21-11-1-3-12(4-2-11)24-15(18,19)20/h1-7H,8H2,(H,21,22). The van der Waals surface area contributed by atoms with Gasteiger partial charge in [-0.3, -0.25) is 4.79 Å². The van der Waals surface area contributed by atoms with Crippen LogP contribution in [0.25, 0.3) is 0 Å². The molecule has 2 rings (SSSR count). The largest absolute Gasteiger partial charge is 0.573 e. The molecule has 0 aliphatic carbocycles. The molecule has 0 saturated heterocycles. The first-order valence-electron chi connectivity index (χ1n) is 6.46. The highest BCUT2D eigenvalue weighted by Crippen LogP contribution is 2.25. The molecule has 0 saturated carbocycles. The third-order valence-electron chi connectivity index (χ3n) is 2.58. The van der Waals surface area contributed by atoms with Crippen molar-refractivity contribution >= 4 is 34.8 Å². The Morgan fingerprint density at radius 1 is 1.00 bits per heavy atom. The lowest BCUT2D eigenvalue weighted by Crippen LogP contribution is -2.20. The van der Waals surface area contributed by atoms with E-state index in [4.69, 9.17) is 27.9 Å². The third kappa shape index (κ3) is 6.17. The lowest BCUT2D eigenvalue weighted by molar-refractivity contribution is -0.274. The van der Waals surface area contributed by atoms with Gasteiger partial charge < -0.3 is 14.8 Å². The second-order valence-corrected chi connectivity index (χ2v) is 5.39. The SMILES string of the molecule is O=C(COc1cc(Cl)cc(Cl)c1)Nc1ccc(OC(F)(F)F)cc1. The van der Waals surface area contributed by atoms with Crippen LogP contribution in [0.1, 0.15) is 0 Å². The number of carbonyl (C=O) groups is 1. The van der Waals surface area contributed by atoms with E-state index in [9.17, 15) is 18.0 Å². The molecular formula is C15H10Cl2F3NO3. The van der Waals surface area contributed by atoms with Crippen molar-refractivity contribution in [2.75, 3.05) is 11.9 Å². The molecule has 0 atom stereocenters. The predicted molar refractivity (Wildman–Crippen MR) is 83.7 cm³/mol. The average Bonchev–Trinajstić information content (AvgIpc) is 2.45. The lowest BCUT2D eigenvalue weighted by atomic mass is 10.3. The fourth-order valence-corrected chi connectivity index (χ4v) is 2.20. The van der Waals surface area contributed by atoms with Crippen LogP contribution in [-0.4, -0.2) is 18.9 Å². The van der Waals surface area contributed by atoms with Crippen LogP contribution < -0.4 is 14.8 Å². The highest BCUT2D eigenvalue weighted by molar-refractivity contribution is 6.34. The highest BCUT2D eigenvalue weighted by atomic mass is 35.5. The Kier molecular flexibility index (Phi) is 5.80. The van der Waals surface area contributed by atoms with E-state index in [1.807, 2.05) is 0 Å². The van der Waals surface area contributed by atoms with Crippen molar-refractivity contribution in [1.29, 1.82) is 0 Å². The number of hydrogen-bond acceptors (Lipinski definition) is 3. The van der Waals surface area contributed by atoms with Crippen molar-refractivity contribution in [3.8, 4) is 11.5 Å². The Morgan fingerprint density at radius 2 is 1.58 bits per heavy atom. The van der Waals surface area contributed by atoms with E-state index in [-0.39, 0.29) is 12.4 Å². The maximum Gasteiger partial charge on any atom is 0.573 e. The molecule has 0 unspecified atom stereocenters. The molecular weight excluding hydrogens is 370 g/mol. The molecule has 0 bridgehead atoms. The zero-order valence-corrected chi connectivity index (χ0v) is 13.4. The van der Waals surface area contributed by atoms with E-state index in [2.05, 4.69) is 10.1 Å². The fraction of sp³-hybridized carbons (Fsp3) is 0.133. The van der Waals surface area contributed by atoms with Gasteiger partial charge in [0.2, 0.25) is 0 Å². The van der Waals surface area contributed by atoms with Crippen molar-refractivity contribution in [2.45, 2.75) is 6.36 Å². The summed E-state index contributed by atoms with van der Waals surface area (Å²) in [6.07, 6.45) is -4.77. The molecule has 0 radical (unpaired) electrons. The minimum Gasteiger partial charge on any atom is -0.484 e. The molecule has 24 heavy (non-hydrogen) atoms. The summed E-state index contributed by atoms with van der Waals surface area (Å²) in [7, 11) is 0. The fourth-order valence-electron chi connectivity index (χ4n) is 1.70. The summed E-state index contributed by atoms with van der Waals surface area (Å²) < 4.78 is 45.1. The molecule has 0 fully saturated rings. The summed E-state index contributed by atoms with van der Waals surface area (Å²) in [5.74, 6) is -0.572. The van der Waals surface area contributed by atoms with Crippen LogP contribution in [0.5, 0.6) is 11.5 Å². The number of nitrogens with one attached hydrogen (secondary N) is 1. The number of amides is 1. The second-order valence-electron chi connectivity index (χ2n) is 4.51. The first-order chi connectivity index (χ1) is 11.2. The molecule has 2 aromatic carbocycles. The van der Waals surface area contributed by atoms with Gasteiger partial charge in [0.05, 0.1) is 0 Å². The number of halogens is 5. The molecule has 0 aromatic heterocycles. The zero-order valence-electron chi connectivity index (χ0n) is 11.9. The summed E-state index contributed by atoms with van der Waals surface area (Å²) in [6, 6.07) is 9.21. The molecule has 0 heterocycles. The van der Waals surface area contributed by atoms with Crippen molar-refractivity contribution < 1.29 is 27.4 Å². The first kappa shape index (κ1) is 18.2. The van der Waals surface area contributed by atoms with Gasteiger partial charge in [-0.1, -0.05) is 23.2 Å². The number of rotatable bonds is 5. The number of hydrogen-bond donors (Lipinski definition) is 1. The molecule has 0 aliphatic heterocycles. The number of anilines is 1. The van der Waals surface area contributed by atoms with Gasteiger partial charge in [-0.2, -0.15) is 0 Å². The monoisotopic (exact) mass is 379 g/mol. The van der Waals surface area contributed by atoms with E-state index >= 15 is 0 Å².